The topological polar surface area (TPSA) is 26.0 Å². The highest BCUT2D eigenvalue weighted by Crippen LogP contribution is 2.67. The fourth-order valence-electron chi connectivity index (χ4n) is 7.79. The first-order chi connectivity index (χ1) is 10.1. The lowest BCUT2D eigenvalue weighted by molar-refractivity contribution is -0.110. The van der Waals surface area contributed by atoms with Crippen molar-refractivity contribution in [3.05, 3.63) is 0 Å². The van der Waals surface area contributed by atoms with Crippen molar-refractivity contribution in [1.82, 2.24) is 0 Å². The van der Waals surface area contributed by atoms with Crippen LogP contribution in [-0.4, -0.2) is 6.54 Å². The third-order valence-corrected chi connectivity index (χ3v) is 9.06. The Bertz CT molecular complexity index is 405. The molecule has 0 radical (unpaired) electrons. The maximum atomic E-state index is 6.13. The molecule has 7 atom stereocenters. The summed E-state index contributed by atoms with van der Waals surface area (Å²) in [5.41, 5.74) is 7.41. The second-order valence-corrected chi connectivity index (χ2v) is 9.46. The molecule has 0 bridgehead atoms. The highest BCUT2D eigenvalue weighted by atomic mass is 14.7. The Morgan fingerprint density at radius 2 is 1.62 bits per heavy atom. The Morgan fingerprint density at radius 3 is 2.43 bits per heavy atom. The fourth-order valence-corrected chi connectivity index (χ4v) is 7.79. The van der Waals surface area contributed by atoms with Gasteiger partial charge in [-0.2, -0.15) is 0 Å². The Kier molecular flexibility index (Phi) is 3.45. The van der Waals surface area contributed by atoms with Crippen LogP contribution in [-0.2, 0) is 0 Å². The molecule has 1 unspecified atom stereocenters. The van der Waals surface area contributed by atoms with E-state index in [2.05, 4.69) is 13.8 Å². The van der Waals surface area contributed by atoms with Crippen LogP contribution in [0.5, 0.6) is 0 Å². The van der Waals surface area contributed by atoms with E-state index in [1.54, 1.807) is 6.42 Å². The van der Waals surface area contributed by atoms with Crippen LogP contribution in [0.4, 0.5) is 0 Å². The molecule has 1 heteroatoms. The van der Waals surface area contributed by atoms with Crippen LogP contribution in [0, 0.1) is 40.4 Å². The van der Waals surface area contributed by atoms with Crippen LogP contribution in [0.15, 0.2) is 0 Å². The highest BCUT2D eigenvalue weighted by molar-refractivity contribution is 5.08. The first-order valence-corrected chi connectivity index (χ1v) is 9.79. The van der Waals surface area contributed by atoms with Gasteiger partial charge in [0.1, 0.15) is 0 Å². The SMILES string of the molecule is C[C@]12CC[C@H]3[C@@H](CCC4CCCC[C@@]43C)[C@@H]1CC[C@@H]2CN. The summed E-state index contributed by atoms with van der Waals surface area (Å²) in [7, 11) is 0. The lowest BCUT2D eigenvalue weighted by Gasteiger charge is -2.60. The fraction of sp³-hybridized carbons (Fsp3) is 1.00. The molecule has 0 aromatic carbocycles. The average Bonchev–Trinajstić information content (AvgIpc) is 2.83. The van der Waals surface area contributed by atoms with Crippen molar-refractivity contribution >= 4 is 0 Å². The van der Waals surface area contributed by atoms with Gasteiger partial charge in [-0.15, -0.1) is 0 Å². The van der Waals surface area contributed by atoms with Gasteiger partial charge in [-0.25, -0.2) is 0 Å². The van der Waals surface area contributed by atoms with Crippen molar-refractivity contribution in [2.45, 2.75) is 78.1 Å². The molecule has 4 aliphatic rings. The van der Waals surface area contributed by atoms with E-state index in [-0.39, 0.29) is 0 Å². The van der Waals surface area contributed by atoms with Crippen molar-refractivity contribution in [3.8, 4) is 0 Å². The van der Waals surface area contributed by atoms with E-state index in [1.807, 2.05) is 0 Å². The van der Waals surface area contributed by atoms with Gasteiger partial charge in [0, 0.05) is 0 Å². The molecule has 0 amide bonds. The lowest BCUT2D eigenvalue weighted by Crippen LogP contribution is -2.53. The molecular formula is C20H35N. The summed E-state index contributed by atoms with van der Waals surface area (Å²) in [6.45, 7) is 6.23. The lowest BCUT2D eigenvalue weighted by atomic mass is 9.45. The van der Waals surface area contributed by atoms with Crippen LogP contribution in [0.25, 0.3) is 0 Å². The van der Waals surface area contributed by atoms with Gasteiger partial charge in [0.2, 0.25) is 0 Å². The molecule has 4 fully saturated rings. The van der Waals surface area contributed by atoms with Gasteiger partial charge in [-0.3, -0.25) is 0 Å². The molecule has 4 aliphatic carbocycles. The molecule has 4 rings (SSSR count). The van der Waals surface area contributed by atoms with Crippen LogP contribution < -0.4 is 5.73 Å². The van der Waals surface area contributed by atoms with Crippen LogP contribution in [0.3, 0.4) is 0 Å². The number of rotatable bonds is 1. The summed E-state index contributed by atoms with van der Waals surface area (Å²) in [4.78, 5) is 0. The Labute approximate surface area is 131 Å². The molecule has 2 N–H and O–H groups in total. The molecule has 1 nitrogen and oxygen atoms in total. The van der Waals surface area contributed by atoms with Crippen molar-refractivity contribution in [1.29, 1.82) is 0 Å². The van der Waals surface area contributed by atoms with Crippen LogP contribution in [0.1, 0.15) is 78.1 Å². The van der Waals surface area contributed by atoms with E-state index in [0.717, 1.165) is 36.1 Å². The van der Waals surface area contributed by atoms with E-state index in [9.17, 15) is 0 Å². The first-order valence-electron chi connectivity index (χ1n) is 9.79. The highest BCUT2D eigenvalue weighted by Gasteiger charge is 2.59. The zero-order valence-corrected chi connectivity index (χ0v) is 14.2. The normalized spacial score (nSPS) is 56.4. The third-order valence-electron chi connectivity index (χ3n) is 9.06. The number of fused-ring (bicyclic) bond motifs is 5. The second-order valence-electron chi connectivity index (χ2n) is 9.46. The standard InChI is InChI=1S/C20H35N/c1-19-11-4-3-5-14(19)6-8-16-17-9-7-15(13-21)20(17,2)12-10-18(16)19/h14-18H,3-13,21H2,1-2H3/t14?,15-,16+,17+,18+,19+,20-/m1/s1. The smallest absolute Gasteiger partial charge is 0.00435 e. The second kappa shape index (κ2) is 4.98. The van der Waals surface area contributed by atoms with Gasteiger partial charge < -0.3 is 5.73 Å². The van der Waals surface area contributed by atoms with Crippen molar-refractivity contribution in [2.75, 3.05) is 6.54 Å². The van der Waals surface area contributed by atoms with Gasteiger partial charge in [0.15, 0.2) is 0 Å². The summed E-state index contributed by atoms with van der Waals surface area (Å²) < 4.78 is 0. The molecule has 120 valence electrons. The zero-order chi connectivity index (χ0) is 14.7. The number of hydrogen-bond donors (Lipinski definition) is 1. The summed E-state index contributed by atoms with van der Waals surface area (Å²) >= 11 is 0. The van der Waals surface area contributed by atoms with E-state index in [1.165, 1.54) is 57.8 Å². The first kappa shape index (κ1) is 14.5. The molecular weight excluding hydrogens is 254 g/mol. The predicted molar refractivity (Wildman–Crippen MR) is 88.9 cm³/mol. The molecule has 0 aliphatic heterocycles. The van der Waals surface area contributed by atoms with Crippen molar-refractivity contribution in [3.63, 3.8) is 0 Å². The van der Waals surface area contributed by atoms with Crippen molar-refractivity contribution < 1.29 is 0 Å². The van der Waals surface area contributed by atoms with E-state index in [0.29, 0.717) is 10.8 Å². The quantitative estimate of drug-likeness (QED) is 0.722. The van der Waals surface area contributed by atoms with Gasteiger partial charge in [0.25, 0.3) is 0 Å². The van der Waals surface area contributed by atoms with Gasteiger partial charge in [-0.05, 0) is 98.3 Å². The minimum absolute atomic E-state index is 0.591. The summed E-state index contributed by atoms with van der Waals surface area (Å²) in [5.74, 6) is 4.97. The molecule has 0 aromatic heterocycles. The van der Waals surface area contributed by atoms with E-state index < -0.39 is 0 Å². The maximum absolute atomic E-state index is 6.13. The average molecular weight is 290 g/mol. The Morgan fingerprint density at radius 1 is 0.810 bits per heavy atom. The summed E-state index contributed by atoms with van der Waals surface area (Å²) in [6, 6.07) is 0. The molecule has 0 heterocycles. The Hall–Kier alpha value is -0.0400. The third kappa shape index (κ3) is 1.92. The van der Waals surface area contributed by atoms with E-state index in [4.69, 9.17) is 5.73 Å². The van der Waals surface area contributed by atoms with Crippen LogP contribution >= 0.6 is 0 Å². The summed E-state index contributed by atoms with van der Waals surface area (Å²) in [6.07, 6.45) is 15.1. The number of nitrogens with two attached hydrogens (primary N) is 1. The maximum Gasteiger partial charge on any atom is -0.00435 e. The molecule has 4 saturated carbocycles. The van der Waals surface area contributed by atoms with Crippen molar-refractivity contribution in [2.24, 2.45) is 46.2 Å². The monoisotopic (exact) mass is 289 g/mol. The predicted octanol–water partition coefficient (Wildman–Crippen LogP) is 4.99. The Balaban J connectivity index is 1.62. The van der Waals surface area contributed by atoms with Gasteiger partial charge in [-0.1, -0.05) is 26.7 Å². The minimum atomic E-state index is 0.591. The van der Waals surface area contributed by atoms with Crippen LogP contribution in [0.2, 0.25) is 0 Å². The molecule has 21 heavy (non-hydrogen) atoms. The van der Waals surface area contributed by atoms with Gasteiger partial charge >= 0.3 is 0 Å². The molecule has 0 spiro atoms. The number of hydrogen-bond acceptors (Lipinski definition) is 1. The van der Waals surface area contributed by atoms with Gasteiger partial charge in [0.05, 0.1) is 0 Å². The molecule has 0 saturated heterocycles. The minimum Gasteiger partial charge on any atom is -0.330 e. The largest absolute Gasteiger partial charge is 0.330 e. The zero-order valence-electron chi connectivity index (χ0n) is 14.2. The molecule has 0 aromatic rings. The van der Waals surface area contributed by atoms with E-state index >= 15 is 0 Å². The summed E-state index contributed by atoms with van der Waals surface area (Å²) in [5, 5.41) is 0.